The fraction of sp³-hybridized carbons (Fsp3) is 0.167. The van der Waals surface area contributed by atoms with Crippen LogP contribution in [0.15, 0.2) is 47.2 Å². The molecule has 9 nitrogen and oxygen atoms in total. The van der Waals surface area contributed by atoms with E-state index in [-0.39, 0.29) is 11.3 Å². The van der Waals surface area contributed by atoms with E-state index in [1.165, 1.54) is 17.5 Å². The van der Waals surface area contributed by atoms with E-state index in [1.54, 1.807) is 26.1 Å². The summed E-state index contributed by atoms with van der Waals surface area (Å²) in [6.07, 6.45) is 3.22. The van der Waals surface area contributed by atoms with Crippen molar-refractivity contribution < 1.29 is 26.5 Å². The van der Waals surface area contributed by atoms with Gasteiger partial charge in [0, 0.05) is 40.7 Å². The monoisotopic (exact) mass is 543 g/mol. The normalized spacial score (nSPS) is 11.8. The van der Waals surface area contributed by atoms with E-state index in [9.17, 15) is 17.6 Å². The van der Waals surface area contributed by atoms with Crippen molar-refractivity contribution in [2.75, 3.05) is 10.5 Å². The number of nitrogens with one attached hydrogen (secondary N) is 2. The van der Waals surface area contributed by atoms with Gasteiger partial charge in [0.15, 0.2) is 5.82 Å². The summed E-state index contributed by atoms with van der Waals surface area (Å²) in [5.41, 5.74) is -0.368. The van der Waals surface area contributed by atoms with Gasteiger partial charge in [0.25, 0.3) is 0 Å². The molecule has 1 aromatic carbocycles. The zero-order chi connectivity index (χ0) is 26.3. The van der Waals surface area contributed by atoms with Crippen molar-refractivity contribution in [3.05, 3.63) is 71.4 Å². The highest BCUT2D eigenvalue weighted by Crippen LogP contribution is 2.35. The van der Waals surface area contributed by atoms with Gasteiger partial charge in [-0.3, -0.25) is 9.52 Å². The first-order valence-electron chi connectivity index (χ1n) is 11.1. The van der Waals surface area contributed by atoms with Crippen molar-refractivity contribution in [2.45, 2.75) is 20.3 Å². The lowest BCUT2D eigenvalue weighted by atomic mass is 10.0. The molecule has 2 N–H and O–H groups in total. The molecule has 0 fully saturated rings. The molecular weight excluding hydrogens is 524 g/mol. The Labute approximate surface area is 213 Å². The van der Waals surface area contributed by atoms with Crippen LogP contribution in [0.2, 0.25) is 0 Å². The second kappa shape index (κ2) is 9.48. The molecule has 0 amide bonds. The number of sulfonamides is 1. The van der Waals surface area contributed by atoms with Gasteiger partial charge in [-0.1, -0.05) is 12.1 Å². The maximum Gasteiger partial charge on any atom is 0.232 e. The number of fused-ring (bicyclic) bond motifs is 1. The molecule has 37 heavy (non-hydrogen) atoms. The second-order valence-electron chi connectivity index (χ2n) is 8.16. The zero-order valence-corrected chi connectivity index (χ0v) is 21.1. The molecule has 0 radical (unpaired) electrons. The number of benzene rings is 1. The summed E-state index contributed by atoms with van der Waals surface area (Å²) in [4.78, 5) is 26.3. The number of carbonyl (C=O) groups is 1. The van der Waals surface area contributed by atoms with Crippen molar-refractivity contribution >= 4 is 43.9 Å². The lowest BCUT2D eigenvalue weighted by molar-refractivity contribution is 0.103. The van der Waals surface area contributed by atoms with Gasteiger partial charge in [-0.05, 0) is 36.8 Å². The fourth-order valence-electron chi connectivity index (χ4n) is 3.80. The molecule has 0 saturated heterocycles. The number of pyridine rings is 1. The van der Waals surface area contributed by atoms with E-state index >= 15 is 4.39 Å². The molecule has 5 aromatic rings. The van der Waals surface area contributed by atoms with Crippen LogP contribution < -0.4 is 4.72 Å². The Morgan fingerprint density at radius 2 is 1.97 bits per heavy atom. The highest BCUT2D eigenvalue weighted by Gasteiger charge is 2.26. The summed E-state index contributed by atoms with van der Waals surface area (Å²) in [5.74, 6) is -2.73. The smallest absolute Gasteiger partial charge is 0.232 e. The number of hydrogen-bond acceptors (Lipinski definition) is 8. The molecule has 0 aliphatic carbocycles. The molecule has 13 heteroatoms. The van der Waals surface area contributed by atoms with Crippen LogP contribution in [0.25, 0.3) is 32.2 Å². The van der Waals surface area contributed by atoms with Crippen LogP contribution in [0.5, 0.6) is 0 Å². The third kappa shape index (κ3) is 4.74. The number of aromatic amines is 1. The summed E-state index contributed by atoms with van der Waals surface area (Å²) in [6, 6.07) is 7.16. The molecule has 0 bridgehead atoms. The molecule has 5 rings (SSSR count). The number of halogens is 2. The number of thiophene rings is 1. The van der Waals surface area contributed by atoms with Gasteiger partial charge >= 0.3 is 0 Å². The minimum Gasteiger partial charge on any atom is -0.345 e. The Hall–Kier alpha value is -3.97. The first-order valence-corrected chi connectivity index (χ1v) is 13.5. The topological polar surface area (TPSA) is 131 Å². The number of ketones is 1. The standard InChI is InChI=1S/C24H19F2N5O4S2/c1-3-8-37(33,34)31-17-5-4-16(25)20(21(17)26)22(32)15-11-28-23-14(15)9-13(10-27-23)18-6-7-19(36-18)24-29-12(2)35-30-24/h4-7,9-11,31H,3,8H2,1-2H3,(H,27,28). The van der Waals surface area contributed by atoms with Gasteiger partial charge in [-0.25, -0.2) is 22.2 Å². The van der Waals surface area contributed by atoms with Crippen molar-refractivity contribution in [1.29, 1.82) is 0 Å². The van der Waals surface area contributed by atoms with Crippen LogP contribution in [0.4, 0.5) is 14.5 Å². The molecule has 4 heterocycles. The van der Waals surface area contributed by atoms with Crippen molar-refractivity contribution in [3.63, 3.8) is 0 Å². The highest BCUT2D eigenvalue weighted by atomic mass is 32.2. The zero-order valence-electron chi connectivity index (χ0n) is 19.5. The lowest BCUT2D eigenvalue weighted by Gasteiger charge is -2.11. The van der Waals surface area contributed by atoms with E-state index in [1.807, 2.05) is 12.1 Å². The number of nitrogens with zero attached hydrogens (tertiary/aromatic N) is 3. The third-order valence-electron chi connectivity index (χ3n) is 5.47. The first-order chi connectivity index (χ1) is 17.7. The molecule has 0 aliphatic rings. The molecule has 190 valence electrons. The minimum atomic E-state index is -3.86. The summed E-state index contributed by atoms with van der Waals surface area (Å²) in [7, 11) is -3.86. The Balaban J connectivity index is 1.53. The van der Waals surface area contributed by atoms with Gasteiger partial charge in [0.1, 0.15) is 11.5 Å². The van der Waals surface area contributed by atoms with Crippen LogP contribution in [0, 0.1) is 18.6 Å². The van der Waals surface area contributed by atoms with Crippen molar-refractivity contribution in [2.24, 2.45) is 0 Å². The summed E-state index contributed by atoms with van der Waals surface area (Å²) in [5, 5.41) is 4.26. The Bertz CT molecular complexity index is 1760. The fourth-order valence-corrected chi connectivity index (χ4v) is 5.84. The van der Waals surface area contributed by atoms with E-state index in [4.69, 9.17) is 4.52 Å². The number of aryl methyl sites for hydroxylation is 1. The predicted molar refractivity (Wildman–Crippen MR) is 135 cm³/mol. The number of carbonyl (C=O) groups excluding carboxylic acids is 1. The Kier molecular flexibility index (Phi) is 6.33. The van der Waals surface area contributed by atoms with Crippen molar-refractivity contribution in [1.82, 2.24) is 20.1 Å². The average Bonchev–Trinajstić information content (AvgIpc) is 3.59. The summed E-state index contributed by atoms with van der Waals surface area (Å²) < 4.78 is 61.2. The van der Waals surface area contributed by atoms with Crippen molar-refractivity contribution in [3.8, 4) is 21.1 Å². The number of anilines is 1. The van der Waals surface area contributed by atoms with Crippen LogP contribution in [0.1, 0.15) is 35.2 Å². The van der Waals surface area contributed by atoms with Gasteiger partial charge in [-0.15, -0.1) is 11.3 Å². The van der Waals surface area contributed by atoms with E-state index < -0.39 is 38.7 Å². The molecule has 0 unspecified atom stereocenters. The Morgan fingerprint density at radius 3 is 2.70 bits per heavy atom. The average molecular weight is 544 g/mol. The van der Waals surface area contributed by atoms with Gasteiger partial charge < -0.3 is 9.51 Å². The second-order valence-corrected chi connectivity index (χ2v) is 11.1. The van der Waals surface area contributed by atoms with E-state index in [2.05, 4.69) is 24.8 Å². The Morgan fingerprint density at radius 1 is 1.19 bits per heavy atom. The predicted octanol–water partition coefficient (Wildman–Crippen LogP) is 5.31. The largest absolute Gasteiger partial charge is 0.345 e. The number of H-pyrrole nitrogens is 1. The van der Waals surface area contributed by atoms with Crippen LogP contribution in [-0.4, -0.2) is 40.1 Å². The quantitative estimate of drug-likeness (QED) is 0.254. The number of rotatable bonds is 8. The molecular formula is C24H19F2N5O4S2. The third-order valence-corrected chi connectivity index (χ3v) is 8.08. The maximum atomic E-state index is 15.2. The summed E-state index contributed by atoms with van der Waals surface area (Å²) in [6.45, 7) is 3.34. The van der Waals surface area contributed by atoms with Crippen LogP contribution >= 0.6 is 11.3 Å². The number of aromatic nitrogens is 4. The van der Waals surface area contributed by atoms with E-state index in [0.29, 0.717) is 34.7 Å². The van der Waals surface area contributed by atoms with Gasteiger partial charge in [-0.2, -0.15) is 4.98 Å². The molecule has 0 aliphatic heterocycles. The lowest BCUT2D eigenvalue weighted by Crippen LogP contribution is -2.18. The molecule has 0 saturated carbocycles. The first kappa shape index (κ1) is 24.7. The minimum absolute atomic E-state index is 0.0127. The van der Waals surface area contributed by atoms with Crippen LogP contribution in [-0.2, 0) is 10.0 Å². The molecule has 0 spiro atoms. The molecule has 0 atom stereocenters. The van der Waals surface area contributed by atoms with E-state index in [0.717, 1.165) is 21.9 Å². The maximum absolute atomic E-state index is 15.2. The molecule has 4 aromatic heterocycles. The van der Waals surface area contributed by atoms with Gasteiger partial charge in [0.05, 0.1) is 21.9 Å². The highest BCUT2D eigenvalue weighted by molar-refractivity contribution is 7.92. The number of hydrogen-bond donors (Lipinski definition) is 2. The SMILES string of the molecule is CCCS(=O)(=O)Nc1ccc(F)c(C(=O)c2c[nH]c3ncc(-c4ccc(-c5noc(C)n5)s4)cc23)c1F. The van der Waals surface area contributed by atoms with Gasteiger partial charge in [0.2, 0.25) is 27.5 Å². The van der Waals surface area contributed by atoms with Crippen LogP contribution in [0.3, 0.4) is 0 Å². The summed E-state index contributed by atoms with van der Waals surface area (Å²) >= 11 is 1.38.